The van der Waals surface area contributed by atoms with Gasteiger partial charge in [-0.2, -0.15) is 9.12 Å². The number of pyridine rings is 6. The van der Waals surface area contributed by atoms with E-state index in [2.05, 4.69) is 286 Å². The Morgan fingerprint density at radius 1 is 0.353 bits per heavy atom. The standard InChI is InChI=1S/C36H24N2.C26H20N2.C11H8N.3C9H7NO.CH5BP.CH4BP.Al.Ir/c1-5-13-33-29(9-1)30-10-2-6-14-34(30)37(33)27-21-17-25(18-22-27)26-19-23-28(24-20-26)38-35-15-7-3-11-31(35)32-12-4-8-16-36(32)38;1-17-15-23(19-9-5-3-6-10-19)21-13-14-22-24(20-11-7-4-8-12-20)16-18(2)28-26(22)25(21)27-17;1-2-6-10(7-3-1)11-8-4-5-9-12-11;3*11-8-5-1-3-7-4-2-6-10-9(7)8;1-2-3;2-1-3;;/h1-24H;3-16H,1-2H3;1-6,8-9H;3*1-6,11H;3H2,1H3;1,3H2;;/q;;-1;;;;;;+3;/p-3. The average Bonchev–Trinajstić information content (AvgIpc) is 1.73. The van der Waals surface area contributed by atoms with Gasteiger partial charge >= 0.3 is 15.1 Å². The van der Waals surface area contributed by atoms with Crippen LogP contribution in [0.1, 0.15) is 11.4 Å². The molecule has 2 atom stereocenters. The zero-order valence-electron chi connectivity index (χ0n) is 65.7. The SMILES string of the molecule is C[B]P.Cc1cc(-c2ccccc2)c2ccc3c(-c4ccccc4)cc(C)nc3c2n1.[B]CP.[Ir].[c-]1ccccc1-c1ccccn1.c1ccc2c(c1)c1ccccc1n2-c1ccc(-c2ccc(-n3c4ccccc4c4ccccc43)cc2)cc1.c1cnc2c([O][Al]([O]c3cccc4cccnc34)[O]c3cccc4cccnc34)cccc2c1. The zero-order chi connectivity index (χ0) is 80.5. The van der Waals surface area contributed by atoms with Crippen molar-refractivity contribution >= 4 is 146 Å². The summed E-state index contributed by atoms with van der Waals surface area (Å²) in [7, 11) is 9.62. The molecule has 13 aromatic carbocycles. The molecule has 574 valence electrons. The van der Waals surface area contributed by atoms with Crippen LogP contribution in [0.15, 0.2) is 389 Å². The number of nitrogens with zero attached hydrogens (tertiary/aromatic N) is 8. The summed E-state index contributed by atoms with van der Waals surface area (Å²) in [5, 5.41) is 10.4. The first-order chi connectivity index (χ1) is 58.2. The van der Waals surface area contributed by atoms with Gasteiger partial charge in [-0.3, -0.25) is 24.9 Å². The first-order valence-corrected chi connectivity index (χ1v) is 41.9. The molecule has 17 heteroatoms. The smallest absolute Gasteiger partial charge is 0.576 e. The molecule has 2 unspecified atom stereocenters. The maximum Gasteiger partial charge on any atom is 1.20 e. The molecule has 8 heterocycles. The molecule has 21 aromatic rings. The Balaban J connectivity index is 0.000000127. The average molecular weight is 1770 g/mol. The number of rotatable bonds is 12. The summed E-state index contributed by atoms with van der Waals surface area (Å²) >= 11 is -2.86. The zero-order valence-corrected chi connectivity index (χ0v) is 71.5. The Labute approximate surface area is 717 Å². The van der Waals surface area contributed by atoms with E-state index in [9.17, 15) is 0 Å². The molecular weight excluding hydrogens is 1690 g/mol. The molecule has 8 aromatic heterocycles. The number of para-hydroxylation sites is 7. The van der Waals surface area contributed by atoms with Crippen LogP contribution in [0.25, 0.3) is 154 Å². The number of hydrogen-bond acceptors (Lipinski definition) is 9. The van der Waals surface area contributed by atoms with Crippen LogP contribution in [-0.2, 0) is 20.1 Å². The molecule has 11 nitrogen and oxygen atoms in total. The van der Waals surface area contributed by atoms with Gasteiger partial charge in [0.05, 0.1) is 40.9 Å². The summed E-state index contributed by atoms with van der Waals surface area (Å²) in [6.07, 6.45) is 7.03. The topological polar surface area (TPSA) is 115 Å². The second-order valence-corrected chi connectivity index (χ2v) is 30.2. The molecule has 0 aliphatic heterocycles. The quantitative estimate of drug-likeness (QED) is 0.0510. The fraction of sp³-hybridized carbons (Fsp3) is 0.0392. The van der Waals surface area contributed by atoms with Gasteiger partial charge in [0, 0.05) is 116 Å². The molecule has 0 aliphatic carbocycles. The first kappa shape index (κ1) is 81.4. The molecule has 0 spiro atoms. The van der Waals surface area contributed by atoms with E-state index in [1.165, 1.54) is 88.4 Å². The fourth-order valence-electron chi connectivity index (χ4n) is 14.9. The van der Waals surface area contributed by atoms with Gasteiger partial charge in [0.2, 0.25) is 0 Å². The van der Waals surface area contributed by atoms with Crippen molar-refractivity contribution in [2.75, 3.05) is 6.06 Å². The van der Waals surface area contributed by atoms with E-state index >= 15 is 0 Å². The van der Waals surface area contributed by atoms with Gasteiger partial charge in [0.25, 0.3) is 0 Å². The Morgan fingerprint density at radius 3 is 1.04 bits per heavy atom. The molecule has 21 rings (SSSR count). The van der Waals surface area contributed by atoms with Crippen LogP contribution >= 0.6 is 18.4 Å². The number of hydrogen-bond donors (Lipinski definition) is 0. The van der Waals surface area contributed by atoms with Crippen LogP contribution in [0.2, 0.25) is 6.82 Å². The summed E-state index contributed by atoms with van der Waals surface area (Å²) < 4.78 is 24.0. The van der Waals surface area contributed by atoms with E-state index < -0.39 is 15.1 Å². The van der Waals surface area contributed by atoms with Gasteiger partial charge in [0.15, 0.2) is 0 Å². The van der Waals surface area contributed by atoms with Crippen molar-refractivity contribution in [3.63, 3.8) is 0 Å². The summed E-state index contributed by atoms with van der Waals surface area (Å²) in [4.78, 5) is 27.6. The normalized spacial score (nSPS) is 10.7. The molecule has 0 saturated carbocycles. The first-order valence-electron chi connectivity index (χ1n) is 39.0. The minimum atomic E-state index is -2.86. The van der Waals surface area contributed by atoms with Crippen LogP contribution < -0.4 is 11.4 Å². The molecule has 0 amide bonds. The van der Waals surface area contributed by atoms with Crippen LogP contribution in [0.4, 0.5) is 0 Å². The summed E-state index contributed by atoms with van der Waals surface area (Å²) in [5.41, 5.74) is 22.7. The molecule has 0 N–H and O–H groups in total. The van der Waals surface area contributed by atoms with Crippen molar-refractivity contribution in [3.05, 3.63) is 406 Å². The Kier molecular flexibility index (Phi) is 26.7. The van der Waals surface area contributed by atoms with Gasteiger partial charge in [-0.15, -0.1) is 45.1 Å². The number of aryl methyl sites for hydroxylation is 2. The van der Waals surface area contributed by atoms with Crippen molar-refractivity contribution in [3.8, 4) is 73.3 Å². The van der Waals surface area contributed by atoms with Gasteiger partial charge in [0.1, 0.15) is 40.8 Å². The molecule has 0 fully saturated rings. The third kappa shape index (κ3) is 18.3. The molecular formula is C102H79AlB2IrN8O3P2-. The van der Waals surface area contributed by atoms with Gasteiger partial charge in [-0.25, -0.2) is 0 Å². The largest absolute Gasteiger partial charge is 1.20 e. The van der Waals surface area contributed by atoms with Crippen LogP contribution in [0, 0.1) is 19.9 Å². The predicted octanol–water partition coefficient (Wildman–Crippen LogP) is 25.2. The van der Waals surface area contributed by atoms with Crippen molar-refractivity contribution in [1.29, 1.82) is 0 Å². The van der Waals surface area contributed by atoms with E-state index in [0.717, 1.165) is 77.2 Å². The van der Waals surface area contributed by atoms with Gasteiger partial charge < -0.3 is 25.5 Å². The third-order valence-corrected chi connectivity index (χ3v) is 21.4. The second-order valence-electron chi connectivity index (χ2n) is 27.7. The maximum absolute atomic E-state index is 6.41. The maximum atomic E-state index is 6.41. The summed E-state index contributed by atoms with van der Waals surface area (Å²) in [5.74, 6) is 1.82. The number of fused-ring (bicyclic) bond motifs is 12. The predicted molar refractivity (Wildman–Crippen MR) is 501 cm³/mol. The minimum absolute atomic E-state index is 0. The number of aromatic nitrogens is 8. The van der Waals surface area contributed by atoms with Crippen molar-refractivity contribution in [2.24, 2.45) is 0 Å². The third-order valence-electron chi connectivity index (χ3n) is 20.0. The van der Waals surface area contributed by atoms with Crippen molar-refractivity contribution < 1.29 is 31.5 Å². The molecule has 0 aliphatic rings. The number of benzene rings is 13. The van der Waals surface area contributed by atoms with Gasteiger partial charge in [-0.05, 0) is 156 Å². The van der Waals surface area contributed by atoms with Crippen LogP contribution in [0.5, 0.6) is 17.2 Å². The summed E-state index contributed by atoms with van der Waals surface area (Å²) in [6.45, 7) is 7.99. The minimum Gasteiger partial charge on any atom is -0.576 e. The monoisotopic (exact) mass is 1770 g/mol. The summed E-state index contributed by atoms with van der Waals surface area (Å²) in [6, 6.07) is 129. The van der Waals surface area contributed by atoms with E-state index in [0.29, 0.717) is 23.3 Å². The van der Waals surface area contributed by atoms with E-state index in [1.807, 2.05) is 159 Å². The van der Waals surface area contributed by atoms with Crippen molar-refractivity contribution in [1.82, 2.24) is 39.0 Å². The van der Waals surface area contributed by atoms with E-state index in [4.69, 9.17) is 29.2 Å². The van der Waals surface area contributed by atoms with Crippen molar-refractivity contribution in [2.45, 2.75) is 20.7 Å². The Morgan fingerprint density at radius 2 is 0.689 bits per heavy atom. The molecule has 0 bridgehead atoms. The van der Waals surface area contributed by atoms with E-state index in [-0.39, 0.29) is 20.1 Å². The Hall–Kier alpha value is -12.8. The molecule has 0 saturated heterocycles. The van der Waals surface area contributed by atoms with Gasteiger partial charge in [-0.1, -0.05) is 249 Å². The van der Waals surface area contributed by atoms with Crippen LogP contribution in [-0.4, -0.2) is 75.1 Å². The molecule has 4 radical (unpaired) electrons. The van der Waals surface area contributed by atoms with E-state index in [1.54, 1.807) is 24.8 Å². The fourth-order valence-corrected chi connectivity index (χ4v) is 16.3. The van der Waals surface area contributed by atoms with Crippen LogP contribution in [0.3, 0.4) is 0 Å². The Bertz CT molecular complexity index is 6410. The second kappa shape index (κ2) is 39.0. The molecule has 119 heavy (non-hydrogen) atoms.